The topological polar surface area (TPSA) is 369 Å². The van der Waals surface area contributed by atoms with Crippen LogP contribution in [0.2, 0.25) is 0 Å². The van der Waals surface area contributed by atoms with Crippen molar-refractivity contribution in [2.45, 2.75) is 13.0 Å². The number of nitriles is 3. The molecule has 118 heavy (non-hydrogen) atoms. The fourth-order valence-corrected chi connectivity index (χ4v) is 15.1. The van der Waals surface area contributed by atoms with Crippen molar-refractivity contribution in [2.24, 2.45) is 21.1 Å². The molecule has 0 saturated carbocycles. The Morgan fingerprint density at radius 1 is 0.441 bits per heavy atom. The predicted molar refractivity (Wildman–Crippen MR) is 441 cm³/mol. The molecular formula is C85H78F2N28O3. The maximum Gasteiger partial charge on any atom is 0.259 e. The largest absolute Gasteiger partial charge is 0.496 e. The van der Waals surface area contributed by atoms with Crippen LogP contribution in [0.1, 0.15) is 38.3 Å². The summed E-state index contributed by atoms with van der Waals surface area (Å²) >= 11 is 0. The Morgan fingerprint density at radius 3 is 1.20 bits per heavy atom. The zero-order valence-corrected chi connectivity index (χ0v) is 64.8. The Balaban J connectivity index is 0.000000132. The van der Waals surface area contributed by atoms with Crippen LogP contribution in [-0.2, 0) is 38.9 Å². The summed E-state index contributed by atoms with van der Waals surface area (Å²) in [6, 6.07) is 41.6. The third-order valence-corrected chi connectivity index (χ3v) is 21.3. The van der Waals surface area contributed by atoms with Gasteiger partial charge in [-0.05, 0) is 84.9 Å². The van der Waals surface area contributed by atoms with Crippen LogP contribution in [0.5, 0.6) is 5.75 Å². The number of rotatable bonds is 15. The van der Waals surface area contributed by atoms with Crippen LogP contribution >= 0.6 is 0 Å². The minimum absolute atomic E-state index is 0.0857. The molecule has 3 saturated heterocycles. The van der Waals surface area contributed by atoms with Gasteiger partial charge in [0, 0.05) is 246 Å². The second-order valence-corrected chi connectivity index (χ2v) is 28.7. The number of nitrogens with two attached hydrogens (primary N) is 3. The highest BCUT2D eigenvalue weighted by atomic mass is 19.1. The first-order valence-corrected chi connectivity index (χ1v) is 37.9. The number of anilines is 6. The fourth-order valence-electron chi connectivity index (χ4n) is 15.1. The minimum Gasteiger partial charge on any atom is -0.496 e. The third-order valence-electron chi connectivity index (χ3n) is 21.3. The van der Waals surface area contributed by atoms with E-state index in [4.69, 9.17) is 31.9 Å². The number of hydrogen-bond donors (Lipinski definition) is 3. The van der Waals surface area contributed by atoms with E-state index in [-0.39, 0.29) is 28.9 Å². The second-order valence-electron chi connectivity index (χ2n) is 28.7. The molecule has 0 bridgehead atoms. The number of aromatic nitrogens is 16. The first-order chi connectivity index (χ1) is 57.4. The Labute approximate surface area is 675 Å². The molecule has 16 heterocycles. The number of fused-ring (bicyclic) bond motifs is 3. The number of piperazine rings is 3. The average Bonchev–Trinajstić information content (AvgIpc) is 1.59. The number of amides is 2. The van der Waals surface area contributed by atoms with Gasteiger partial charge in [-0.3, -0.25) is 33.5 Å². The molecule has 33 heteroatoms. The molecule has 0 unspecified atom stereocenters. The average molecular weight is 1580 g/mol. The number of carbonyl (C=O) groups is 2. The molecule has 3 aliphatic heterocycles. The van der Waals surface area contributed by atoms with Crippen molar-refractivity contribution >= 4 is 63.3 Å². The van der Waals surface area contributed by atoms with E-state index >= 15 is 0 Å². The van der Waals surface area contributed by atoms with Gasteiger partial charge in [0.05, 0.1) is 48.7 Å². The minimum atomic E-state index is -0.870. The van der Waals surface area contributed by atoms with Crippen LogP contribution in [-0.4, -0.2) is 190 Å². The summed E-state index contributed by atoms with van der Waals surface area (Å²) in [4.78, 5) is 56.2. The highest BCUT2D eigenvalue weighted by molar-refractivity contribution is 5.96. The van der Waals surface area contributed by atoms with Crippen LogP contribution in [0.15, 0.2) is 196 Å². The number of carbonyl (C=O) groups excluding carboxylic acids is 2. The van der Waals surface area contributed by atoms with Crippen molar-refractivity contribution in [3.05, 3.63) is 241 Å². The van der Waals surface area contributed by atoms with Crippen molar-refractivity contribution in [3.63, 3.8) is 0 Å². The van der Waals surface area contributed by atoms with E-state index in [9.17, 15) is 34.2 Å². The maximum atomic E-state index is 14.1. The van der Waals surface area contributed by atoms with Crippen molar-refractivity contribution in [2.75, 3.05) is 118 Å². The monoisotopic (exact) mass is 1580 g/mol. The lowest BCUT2D eigenvalue weighted by Crippen LogP contribution is -2.49. The quantitative estimate of drug-likeness (QED) is 0.0859. The summed E-state index contributed by atoms with van der Waals surface area (Å²) < 4.78 is 43.9. The molecular weight excluding hydrogens is 1500 g/mol. The van der Waals surface area contributed by atoms with E-state index in [1.165, 1.54) is 16.5 Å². The van der Waals surface area contributed by atoms with E-state index in [0.29, 0.717) is 92.3 Å². The molecule has 0 radical (unpaired) electrons. The number of aryl methyl sites for hydroxylation is 3. The standard InChI is InChI=1S/C29H29N9O.C28H23F2N9O.C28H26N10O/c1-35-17-23(16-33-35)22-13-24(28-25(14-30)29(31)34-38(28)19-22)20-7-8-27(32-15-20)37-11-9-36(10-12-37)18-21-5-3-4-6-26(21)39-2;1-36-15-19(14-34-36)18-11-20(26-21(12-31)27(32)35-39(26)16-18)17-5-6-24(33-13-17)37-7-9-38(10-8-37)28(40)25-22(29)3-2-4-23(25)30;1-35-17-21(16-33-35)20-12-23(27-24(14-29)28(30)34-38(27)18-20)19-5-6-25(32-15-19)36-8-10-37(11-9-36)26(39)13-22-4-2-3-7-31-22/h3-8,13,15-17,19H,9-12,18H2,1-2H3,(H2,31,34);2-6,11,13-16H,7-10H2,1H3,(H2,32,35);2-7,12,15-18H,8-11,13H2,1H3,(H2,30,34). The van der Waals surface area contributed by atoms with Crippen molar-refractivity contribution in [3.8, 4) is 90.7 Å². The van der Waals surface area contributed by atoms with Crippen LogP contribution in [0, 0.1) is 45.6 Å². The molecule has 0 spiro atoms. The third kappa shape index (κ3) is 15.6. The molecule has 590 valence electrons. The number of nitrogen functional groups attached to an aromatic ring is 3. The molecule has 2 amide bonds. The summed E-state index contributed by atoms with van der Waals surface area (Å²) in [5.74, 6) is 1.61. The lowest BCUT2D eigenvalue weighted by atomic mass is 10.0. The molecule has 31 nitrogen and oxygen atoms in total. The highest BCUT2D eigenvalue weighted by Gasteiger charge is 2.30. The lowest BCUT2D eigenvalue weighted by Gasteiger charge is -2.35. The van der Waals surface area contributed by atoms with Crippen LogP contribution in [0.25, 0.3) is 83.3 Å². The summed E-state index contributed by atoms with van der Waals surface area (Å²) in [5, 5.41) is 55.3. The van der Waals surface area contributed by atoms with Crippen LogP contribution in [0.3, 0.4) is 0 Å². The number of halogens is 2. The zero-order valence-electron chi connectivity index (χ0n) is 64.8. The van der Waals surface area contributed by atoms with E-state index in [1.807, 2.05) is 153 Å². The Hall–Kier alpha value is -15.4. The van der Waals surface area contributed by atoms with Gasteiger partial charge in [-0.25, -0.2) is 37.3 Å². The maximum absolute atomic E-state index is 14.1. The molecule has 0 aliphatic carbocycles. The van der Waals surface area contributed by atoms with Gasteiger partial charge < -0.3 is 46.4 Å². The molecule has 3 aliphatic rings. The first-order valence-electron chi connectivity index (χ1n) is 37.9. The number of para-hydroxylation sites is 1. The van der Waals surface area contributed by atoms with Gasteiger partial charge in [-0.2, -0.15) is 31.1 Å². The van der Waals surface area contributed by atoms with Gasteiger partial charge >= 0.3 is 0 Å². The van der Waals surface area contributed by atoms with Crippen molar-refractivity contribution in [1.29, 1.82) is 15.8 Å². The van der Waals surface area contributed by atoms with E-state index in [0.717, 1.165) is 135 Å². The highest BCUT2D eigenvalue weighted by Crippen LogP contribution is 2.39. The molecule has 2 aromatic carbocycles. The molecule has 15 aromatic rings. The Kier molecular flexibility index (Phi) is 21.4. The van der Waals surface area contributed by atoms with Gasteiger partial charge in [0.2, 0.25) is 5.91 Å². The predicted octanol–water partition coefficient (Wildman–Crippen LogP) is 9.61. The summed E-state index contributed by atoms with van der Waals surface area (Å²) in [6.45, 7) is 8.66. The normalized spacial score (nSPS) is 13.7. The number of benzene rings is 2. The number of nitrogens with zero attached hydrogens (tertiary/aromatic N) is 25. The van der Waals surface area contributed by atoms with Crippen molar-refractivity contribution in [1.82, 2.24) is 92.8 Å². The van der Waals surface area contributed by atoms with Crippen LogP contribution in [0.4, 0.5) is 43.7 Å². The Bertz CT molecular complexity index is 6360. The zero-order chi connectivity index (χ0) is 81.8. The molecule has 0 atom stereocenters. The number of ether oxygens (including phenoxy) is 1. The number of pyridine rings is 7. The van der Waals surface area contributed by atoms with Crippen LogP contribution < -0.4 is 36.6 Å². The summed E-state index contributed by atoms with van der Waals surface area (Å²) in [5.41, 5.74) is 32.8. The van der Waals surface area contributed by atoms with Gasteiger partial charge in [0.1, 0.15) is 75.3 Å². The number of methoxy groups -OCH3 is 1. The van der Waals surface area contributed by atoms with Gasteiger partial charge in [0.25, 0.3) is 5.91 Å². The molecule has 6 N–H and O–H groups in total. The van der Waals surface area contributed by atoms with E-state index in [1.54, 1.807) is 71.9 Å². The van der Waals surface area contributed by atoms with Gasteiger partial charge in [-0.1, -0.05) is 30.3 Å². The summed E-state index contributed by atoms with van der Waals surface area (Å²) in [6.07, 6.45) is 24.0. The first kappa shape index (κ1) is 76.6. The van der Waals surface area contributed by atoms with Gasteiger partial charge in [-0.15, -0.1) is 15.3 Å². The van der Waals surface area contributed by atoms with E-state index in [2.05, 4.69) is 91.7 Å². The second kappa shape index (κ2) is 33.0. The fraction of sp³-hybridized carbons (Fsp3) is 0.212. The molecule has 3 fully saturated rings. The molecule has 18 rings (SSSR count). The smallest absolute Gasteiger partial charge is 0.259 e. The SMILES string of the molecule is COc1ccccc1CN1CCN(c2ccc(-c3cc(-c4cnn(C)c4)cn4nc(N)c(C#N)c34)cn2)CC1.Cn1cc(-c2cc(-c3ccc(N4CCN(C(=O)Cc5ccccn5)CC4)nc3)c3c(C#N)c(N)nn3c2)cn1.Cn1cc(-c2cc(-c3ccc(N4CCN(C(=O)c5c(F)cccc5F)CC4)nc3)c3c(C#N)c(N)nn3c2)cn1. The number of hydrogen-bond acceptors (Lipinski definition) is 23. The molecule has 13 aromatic heterocycles. The van der Waals surface area contributed by atoms with Gasteiger partial charge in [0.15, 0.2) is 17.5 Å². The lowest BCUT2D eigenvalue weighted by molar-refractivity contribution is -0.130. The van der Waals surface area contributed by atoms with E-state index < -0.39 is 23.1 Å². The van der Waals surface area contributed by atoms with Crippen molar-refractivity contribution < 1.29 is 23.1 Å². The Morgan fingerprint density at radius 2 is 0.839 bits per heavy atom. The summed E-state index contributed by atoms with van der Waals surface area (Å²) in [7, 11) is 7.29.